The number of para-hydroxylation sites is 1. The smallest absolute Gasteiger partial charge is 0.329 e. The van der Waals surface area contributed by atoms with Crippen molar-refractivity contribution in [2.75, 3.05) is 35.8 Å². The fourth-order valence-electron chi connectivity index (χ4n) is 4.15. The van der Waals surface area contributed by atoms with Gasteiger partial charge in [0.15, 0.2) is 0 Å². The van der Waals surface area contributed by atoms with E-state index in [1.54, 1.807) is 0 Å². The lowest BCUT2D eigenvalue weighted by Crippen LogP contribution is -2.42. The number of nitrogens with zero attached hydrogens (tertiary/aromatic N) is 3. The van der Waals surface area contributed by atoms with Crippen LogP contribution in [0.15, 0.2) is 71.2 Å². The zero-order valence-corrected chi connectivity index (χ0v) is 22.9. The Bertz CT molecular complexity index is 1080. The average molecular weight is 523 g/mol. The van der Waals surface area contributed by atoms with Crippen LogP contribution in [0.25, 0.3) is 0 Å². The molecule has 3 rings (SSSR count). The van der Waals surface area contributed by atoms with Crippen LogP contribution in [0, 0.1) is 0 Å². The van der Waals surface area contributed by atoms with E-state index in [9.17, 15) is 4.79 Å². The van der Waals surface area contributed by atoms with Crippen LogP contribution < -0.4 is 14.7 Å². The molecule has 180 valence electrons. The van der Waals surface area contributed by atoms with Gasteiger partial charge >= 0.3 is 6.03 Å². The molecule has 34 heavy (non-hydrogen) atoms. The quantitative estimate of drug-likeness (QED) is 0.314. The number of halogens is 1. The van der Waals surface area contributed by atoms with Crippen LogP contribution in [0.4, 0.5) is 21.9 Å². The van der Waals surface area contributed by atoms with Crippen molar-refractivity contribution >= 4 is 39.0 Å². The molecule has 2 amide bonds. The monoisotopic (exact) mass is 521 g/mol. The SMILES string of the molecule is CC(C)c1cccc(C(C)C)c1N(C)C(=O)N(Cc1ccc(N(C)C)cc1)c1ccc(Br)cc1. The highest BCUT2D eigenvalue weighted by molar-refractivity contribution is 9.10. The molecule has 0 atom stereocenters. The van der Waals surface area contributed by atoms with Gasteiger partial charge in [0.25, 0.3) is 0 Å². The second kappa shape index (κ2) is 11.1. The first-order valence-corrected chi connectivity index (χ1v) is 12.6. The van der Waals surface area contributed by atoms with Crippen LogP contribution in [-0.2, 0) is 6.54 Å². The molecule has 0 saturated carbocycles. The summed E-state index contributed by atoms with van der Waals surface area (Å²) in [6, 6.07) is 22.6. The summed E-state index contributed by atoms with van der Waals surface area (Å²) in [4.78, 5) is 19.9. The van der Waals surface area contributed by atoms with Crippen molar-refractivity contribution in [1.29, 1.82) is 0 Å². The Morgan fingerprint density at radius 3 is 1.74 bits per heavy atom. The molecule has 0 spiro atoms. The summed E-state index contributed by atoms with van der Waals surface area (Å²) < 4.78 is 0.986. The van der Waals surface area contributed by atoms with Gasteiger partial charge < -0.3 is 4.90 Å². The number of urea groups is 1. The zero-order valence-electron chi connectivity index (χ0n) is 21.3. The standard InChI is InChI=1S/C29H36BrN3O/c1-20(2)26-9-8-10-27(21(3)4)28(26)32(7)29(34)33(25-17-13-23(30)14-18-25)19-22-11-15-24(16-12-22)31(5)6/h8-18,20-21H,19H2,1-7H3. The van der Waals surface area contributed by atoms with Gasteiger partial charge in [-0.3, -0.25) is 9.80 Å². The highest BCUT2D eigenvalue weighted by Crippen LogP contribution is 2.36. The Morgan fingerprint density at radius 1 is 0.765 bits per heavy atom. The van der Waals surface area contributed by atoms with Crippen molar-refractivity contribution in [2.45, 2.75) is 46.1 Å². The van der Waals surface area contributed by atoms with Gasteiger partial charge in [-0.15, -0.1) is 0 Å². The van der Waals surface area contributed by atoms with Crippen LogP contribution >= 0.6 is 15.9 Å². The first-order valence-electron chi connectivity index (χ1n) is 11.8. The number of benzene rings is 3. The number of hydrogen-bond acceptors (Lipinski definition) is 2. The largest absolute Gasteiger partial charge is 0.378 e. The second-order valence-corrected chi connectivity index (χ2v) is 10.5. The normalized spacial score (nSPS) is 11.1. The maximum Gasteiger partial charge on any atom is 0.329 e. The molecular formula is C29H36BrN3O. The van der Waals surface area contributed by atoms with E-state index in [2.05, 4.69) is 91.0 Å². The van der Waals surface area contributed by atoms with Gasteiger partial charge in [-0.1, -0.05) is 74.0 Å². The summed E-state index contributed by atoms with van der Waals surface area (Å²) >= 11 is 3.52. The fourth-order valence-corrected chi connectivity index (χ4v) is 4.41. The van der Waals surface area contributed by atoms with Gasteiger partial charge in [0, 0.05) is 37.0 Å². The summed E-state index contributed by atoms with van der Waals surface area (Å²) in [5.41, 5.74) is 6.47. The van der Waals surface area contributed by atoms with Gasteiger partial charge in [-0.25, -0.2) is 4.79 Å². The van der Waals surface area contributed by atoms with Crippen LogP contribution in [0.5, 0.6) is 0 Å². The predicted molar refractivity (Wildman–Crippen MR) is 150 cm³/mol. The summed E-state index contributed by atoms with van der Waals surface area (Å²) in [6.07, 6.45) is 0. The molecule has 0 aliphatic carbocycles. The minimum Gasteiger partial charge on any atom is -0.378 e. The first kappa shape index (κ1) is 25.8. The van der Waals surface area contributed by atoms with E-state index in [0.717, 1.165) is 27.1 Å². The summed E-state index contributed by atoms with van der Waals surface area (Å²) in [7, 11) is 5.95. The van der Waals surface area contributed by atoms with Crippen LogP contribution in [-0.4, -0.2) is 27.2 Å². The summed E-state index contributed by atoms with van der Waals surface area (Å²) in [5.74, 6) is 0.618. The van der Waals surface area contributed by atoms with Crippen molar-refractivity contribution in [1.82, 2.24) is 0 Å². The third kappa shape index (κ3) is 5.82. The Labute approximate surface area is 213 Å². The maximum absolute atomic E-state index is 14.1. The lowest BCUT2D eigenvalue weighted by Gasteiger charge is -2.32. The average Bonchev–Trinajstić information content (AvgIpc) is 2.82. The van der Waals surface area contributed by atoms with Gasteiger partial charge in [0.1, 0.15) is 0 Å². The molecule has 5 heteroatoms. The number of carbonyl (C=O) groups excluding carboxylic acids is 1. The van der Waals surface area contributed by atoms with Crippen LogP contribution in [0.3, 0.4) is 0 Å². The molecule has 0 radical (unpaired) electrons. The van der Waals surface area contributed by atoms with Crippen LogP contribution in [0.2, 0.25) is 0 Å². The van der Waals surface area contributed by atoms with E-state index in [-0.39, 0.29) is 6.03 Å². The maximum atomic E-state index is 14.1. The minimum absolute atomic E-state index is 0.0472. The number of amides is 2. The minimum atomic E-state index is -0.0472. The molecule has 0 fully saturated rings. The van der Waals surface area contributed by atoms with Gasteiger partial charge in [-0.2, -0.15) is 0 Å². The van der Waals surface area contributed by atoms with Gasteiger partial charge in [0.05, 0.1) is 12.2 Å². The molecule has 0 aromatic heterocycles. The Kier molecular flexibility index (Phi) is 8.42. The molecule has 0 aliphatic rings. The summed E-state index contributed by atoms with van der Waals surface area (Å²) in [5, 5.41) is 0. The fraction of sp³-hybridized carbons (Fsp3) is 0.345. The van der Waals surface area contributed by atoms with Gasteiger partial charge in [0.2, 0.25) is 0 Å². The van der Waals surface area contributed by atoms with E-state index < -0.39 is 0 Å². The van der Waals surface area contributed by atoms with Crippen molar-refractivity contribution in [3.63, 3.8) is 0 Å². The molecule has 0 bridgehead atoms. The molecule has 0 N–H and O–H groups in total. The predicted octanol–water partition coefficient (Wildman–Crippen LogP) is 8.02. The topological polar surface area (TPSA) is 26.8 Å². The number of anilines is 3. The number of rotatable bonds is 7. The number of carbonyl (C=O) groups is 1. The van der Waals surface area contributed by atoms with Crippen LogP contribution in [0.1, 0.15) is 56.2 Å². The third-order valence-corrected chi connectivity index (χ3v) is 6.66. The lowest BCUT2D eigenvalue weighted by molar-refractivity contribution is 0.252. The molecule has 0 saturated heterocycles. The Hall–Kier alpha value is -2.79. The molecule has 3 aromatic rings. The van der Waals surface area contributed by atoms with Crippen molar-refractivity contribution < 1.29 is 4.79 Å². The van der Waals surface area contributed by atoms with Crippen molar-refractivity contribution in [2.24, 2.45) is 0 Å². The molecule has 3 aromatic carbocycles. The Balaban J connectivity index is 2.04. The highest BCUT2D eigenvalue weighted by atomic mass is 79.9. The molecule has 0 heterocycles. The first-order chi connectivity index (χ1) is 16.1. The Morgan fingerprint density at radius 2 is 1.26 bits per heavy atom. The van der Waals surface area contributed by atoms with Crippen molar-refractivity contribution in [3.8, 4) is 0 Å². The molecular weight excluding hydrogens is 486 g/mol. The van der Waals surface area contributed by atoms with E-state index in [4.69, 9.17) is 0 Å². The highest BCUT2D eigenvalue weighted by Gasteiger charge is 2.26. The third-order valence-electron chi connectivity index (χ3n) is 6.13. The zero-order chi connectivity index (χ0) is 25.0. The molecule has 0 unspecified atom stereocenters. The second-order valence-electron chi connectivity index (χ2n) is 9.56. The van der Waals surface area contributed by atoms with E-state index in [0.29, 0.717) is 18.4 Å². The van der Waals surface area contributed by atoms with Gasteiger partial charge in [-0.05, 0) is 64.9 Å². The van der Waals surface area contributed by atoms with E-state index in [1.165, 1.54) is 11.1 Å². The molecule has 0 aliphatic heterocycles. The van der Waals surface area contributed by atoms with Crippen molar-refractivity contribution in [3.05, 3.63) is 87.9 Å². The van der Waals surface area contributed by atoms with E-state index in [1.807, 2.05) is 55.2 Å². The van der Waals surface area contributed by atoms with E-state index >= 15 is 0 Å². The molecule has 4 nitrogen and oxygen atoms in total. The number of hydrogen-bond donors (Lipinski definition) is 0. The lowest BCUT2D eigenvalue weighted by atomic mass is 9.92. The summed E-state index contributed by atoms with van der Waals surface area (Å²) in [6.45, 7) is 9.21.